The topological polar surface area (TPSA) is 28.2 Å². The van der Waals surface area contributed by atoms with E-state index in [9.17, 15) is 0 Å². The zero-order valence-electron chi connectivity index (χ0n) is 22.9. The van der Waals surface area contributed by atoms with Crippen molar-refractivity contribution in [2.24, 2.45) is 11.8 Å². The molecule has 34 heavy (non-hydrogen) atoms. The van der Waals surface area contributed by atoms with Crippen LogP contribution in [-0.2, 0) is 26.2 Å². The molecule has 0 spiro atoms. The predicted molar refractivity (Wildman–Crippen MR) is 153 cm³/mol. The van der Waals surface area contributed by atoms with Crippen LogP contribution in [0.25, 0.3) is 9.96 Å². The molecular formula is C29H46N2Si2Zr. The van der Waals surface area contributed by atoms with Crippen molar-refractivity contribution in [2.75, 3.05) is 0 Å². The van der Waals surface area contributed by atoms with Crippen LogP contribution in [0.15, 0.2) is 60.7 Å². The largest absolute Gasteiger partial charge is 4.00 e. The van der Waals surface area contributed by atoms with Gasteiger partial charge in [0.1, 0.15) is 0 Å². The van der Waals surface area contributed by atoms with Crippen LogP contribution in [0.2, 0.25) is 38.3 Å². The monoisotopic (exact) mass is 568 g/mol. The van der Waals surface area contributed by atoms with Crippen molar-refractivity contribution in [1.29, 1.82) is 0 Å². The van der Waals surface area contributed by atoms with E-state index in [0.717, 1.165) is 23.1 Å². The normalized spacial score (nSPS) is 19.1. The Kier molecular flexibility index (Phi) is 12.6. The summed E-state index contributed by atoms with van der Waals surface area (Å²) in [7, 11) is -3.09. The van der Waals surface area contributed by atoms with Gasteiger partial charge in [-0.2, -0.15) is 43.4 Å². The molecule has 0 amide bonds. The number of hydrogen-bond acceptors (Lipinski definition) is 0. The molecule has 0 bridgehead atoms. The molecule has 2 aromatic carbocycles. The molecule has 2 aromatic rings. The Morgan fingerprint density at radius 3 is 1.68 bits per heavy atom. The van der Waals surface area contributed by atoms with Crippen molar-refractivity contribution in [2.45, 2.75) is 84.4 Å². The molecule has 0 heterocycles. The number of rotatable bonds is 7. The van der Waals surface area contributed by atoms with E-state index in [-0.39, 0.29) is 31.7 Å². The van der Waals surface area contributed by atoms with Gasteiger partial charge >= 0.3 is 26.2 Å². The minimum atomic E-state index is -1.59. The van der Waals surface area contributed by atoms with Crippen LogP contribution >= 0.6 is 0 Å². The van der Waals surface area contributed by atoms with Crippen LogP contribution < -0.4 is 0 Å². The Bertz CT molecular complexity index is 819. The maximum Gasteiger partial charge on any atom is 4.00 e. The first-order chi connectivity index (χ1) is 15.3. The van der Waals surface area contributed by atoms with Gasteiger partial charge in [-0.3, -0.25) is 0 Å². The van der Waals surface area contributed by atoms with Crippen molar-refractivity contribution >= 4 is 22.2 Å². The van der Waals surface area contributed by atoms with Gasteiger partial charge < -0.3 is 15.9 Å². The average Bonchev–Trinajstić information content (AvgIpc) is 3.00. The first kappa shape index (κ1) is 31.4. The van der Waals surface area contributed by atoms with E-state index in [4.69, 9.17) is 9.96 Å². The zero-order chi connectivity index (χ0) is 24.7. The van der Waals surface area contributed by atoms with Crippen molar-refractivity contribution in [3.05, 3.63) is 89.0 Å². The summed E-state index contributed by atoms with van der Waals surface area (Å²) in [6.45, 7) is 22.6. The van der Waals surface area contributed by atoms with Crippen LogP contribution in [0.4, 0.5) is 5.69 Å². The molecule has 1 fully saturated rings. The van der Waals surface area contributed by atoms with E-state index < -0.39 is 16.5 Å². The van der Waals surface area contributed by atoms with Gasteiger partial charge in [0.2, 0.25) is 0 Å². The van der Waals surface area contributed by atoms with E-state index in [1.54, 1.807) is 5.92 Å². The number of hydrogen-bond donors (Lipinski definition) is 0. The maximum atomic E-state index is 5.21. The zero-order valence-corrected chi connectivity index (χ0v) is 27.3. The molecule has 2 unspecified atom stereocenters. The summed E-state index contributed by atoms with van der Waals surface area (Å²) >= 11 is 0. The third-order valence-electron chi connectivity index (χ3n) is 6.31. The maximum absolute atomic E-state index is 5.21. The summed E-state index contributed by atoms with van der Waals surface area (Å²) in [4.78, 5) is 10.4. The summed E-state index contributed by atoms with van der Waals surface area (Å²) in [5, 5.41) is 0. The number of nitrogens with zero attached hydrogens (tertiary/aromatic N) is 2. The summed E-state index contributed by atoms with van der Waals surface area (Å²) in [5.41, 5.74) is 2.34. The quantitative estimate of drug-likeness (QED) is 0.234. The van der Waals surface area contributed by atoms with Gasteiger partial charge in [-0.05, 0) is 8.24 Å². The fourth-order valence-corrected chi connectivity index (χ4v) is 11.6. The van der Waals surface area contributed by atoms with Crippen LogP contribution in [0.5, 0.6) is 0 Å². The Morgan fingerprint density at radius 1 is 0.824 bits per heavy atom. The Hall–Kier alpha value is -0.613. The molecule has 3 rings (SSSR count). The van der Waals surface area contributed by atoms with E-state index in [1.807, 2.05) is 30.3 Å². The van der Waals surface area contributed by atoms with Crippen LogP contribution in [-0.4, -0.2) is 22.0 Å². The second-order valence-corrected chi connectivity index (χ2v) is 20.5. The summed E-state index contributed by atoms with van der Waals surface area (Å²) in [6, 6.07) is 23.0. The number of benzene rings is 2. The molecule has 184 valence electrons. The predicted octanol–water partition coefficient (Wildman–Crippen LogP) is 9.76. The van der Waals surface area contributed by atoms with Gasteiger partial charge in [0.05, 0.1) is 0 Å². The van der Waals surface area contributed by atoms with E-state index in [1.165, 1.54) is 24.9 Å². The van der Waals surface area contributed by atoms with E-state index in [2.05, 4.69) is 91.1 Å². The Balaban J connectivity index is 0.000000618. The smallest absolute Gasteiger partial charge is 0.687 e. The van der Waals surface area contributed by atoms with Gasteiger partial charge in [0, 0.05) is 0 Å². The van der Waals surface area contributed by atoms with E-state index >= 15 is 0 Å². The van der Waals surface area contributed by atoms with Gasteiger partial charge in [0.25, 0.3) is 0 Å². The minimum Gasteiger partial charge on any atom is -0.687 e. The van der Waals surface area contributed by atoms with Crippen LogP contribution in [0, 0.1) is 24.7 Å². The molecule has 0 aromatic heterocycles. The molecule has 0 aliphatic heterocycles. The van der Waals surface area contributed by atoms with Crippen molar-refractivity contribution in [1.82, 2.24) is 0 Å². The van der Waals surface area contributed by atoms with Crippen LogP contribution in [0.3, 0.4) is 0 Å². The fraction of sp³-hybridized carbons (Fsp3) is 0.517. The average molecular weight is 570 g/mol. The molecule has 2 nitrogen and oxygen atoms in total. The molecule has 5 heteroatoms. The van der Waals surface area contributed by atoms with Gasteiger partial charge in [-0.25, -0.2) is 0 Å². The van der Waals surface area contributed by atoms with Crippen LogP contribution in [0.1, 0.15) is 46.1 Å². The Labute approximate surface area is 232 Å². The molecule has 1 aliphatic rings. The standard InChI is InChI=1S/C22H39N2Si2.C7H7.Zr/c1-18-19(16-25(5,6)23-21-12-10-9-11-13-21)14-15-20(18)17-26(7,8)24-22(2,3)4;1-7-5-3-2-4-6-7;/h9-13,19-20H,14-17H2,1-8H3;2-6H,1H2;/q-3;-1;+4. The molecule has 1 aliphatic carbocycles. The second-order valence-electron chi connectivity index (χ2n) is 12.0. The Morgan fingerprint density at radius 2 is 1.26 bits per heavy atom. The van der Waals surface area contributed by atoms with Gasteiger partial charge in [-0.1, -0.05) is 117 Å². The fourth-order valence-electron chi connectivity index (χ4n) is 5.25. The summed E-state index contributed by atoms with van der Waals surface area (Å²) < 4.78 is 0. The third kappa shape index (κ3) is 11.9. The summed E-state index contributed by atoms with van der Waals surface area (Å²) in [6.07, 6.45) is 2.72. The molecule has 0 radical (unpaired) electrons. The van der Waals surface area contributed by atoms with Gasteiger partial charge in [0.15, 0.2) is 0 Å². The minimum absolute atomic E-state index is 0. The SMILES string of the molecule is C[C-]1C(C[Si](C)(C)[N-]c2ccccc2)CCC1C[Si](C)(C)[N-]C(C)(C)C.[CH2-]c1ccccc1.[Zr+4]. The second kappa shape index (κ2) is 13.6. The van der Waals surface area contributed by atoms with Crippen molar-refractivity contribution in [3.63, 3.8) is 0 Å². The first-order valence-electron chi connectivity index (χ1n) is 12.5. The molecule has 2 atom stereocenters. The van der Waals surface area contributed by atoms with Gasteiger partial charge in [-0.15, -0.1) is 23.4 Å². The molecule has 1 saturated carbocycles. The summed E-state index contributed by atoms with van der Waals surface area (Å²) in [5.74, 6) is 3.31. The van der Waals surface area contributed by atoms with E-state index in [0.29, 0.717) is 0 Å². The molecular weight excluding hydrogens is 524 g/mol. The molecule has 0 N–H and O–H groups in total. The first-order valence-corrected chi connectivity index (χ1v) is 18.8. The third-order valence-corrected chi connectivity index (χ3v) is 11.4. The van der Waals surface area contributed by atoms with Crippen molar-refractivity contribution < 1.29 is 26.2 Å². The van der Waals surface area contributed by atoms with Crippen molar-refractivity contribution in [3.8, 4) is 0 Å². The molecule has 0 saturated heterocycles.